The number of hydrazone groups is 1. The second kappa shape index (κ2) is 10.2. The first kappa shape index (κ1) is 21.7. The molecule has 0 aliphatic heterocycles. The van der Waals surface area contributed by atoms with Crippen LogP contribution < -0.4 is 14.9 Å². The number of ether oxygens (including phenoxy) is 2. The number of thioether (sulfide) groups is 1. The molecule has 5 nitrogen and oxygen atoms in total. The number of rotatable bonds is 9. The zero-order chi connectivity index (χ0) is 22.3. The van der Waals surface area contributed by atoms with Crippen molar-refractivity contribution in [1.29, 1.82) is 0 Å². The summed E-state index contributed by atoms with van der Waals surface area (Å²) >= 11 is 1.61. The SMILES string of the molecule is C=CCOc1ccc(/C=N\NC(=O)CSC2c3ccccc3-c3ccccc32)cc1OC. The van der Waals surface area contributed by atoms with Crippen molar-refractivity contribution in [3.63, 3.8) is 0 Å². The Morgan fingerprint density at radius 1 is 1.06 bits per heavy atom. The zero-order valence-electron chi connectivity index (χ0n) is 17.8. The fourth-order valence-corrected chi connectivity index (χ4v) is 4.84. The van der Waals surface area contributed by atoms with Crippen LogP contribution in [0.4, 0.5) is 0 Å². The number of fused-ring (bicyclic) bond motifs is 3. The minimum atomic E-state index is -0.147. The van der Waals surface area contributed by atoms with E-state index in [0.717, 1.165) is 5.56 Å². The van der Waals surface area contributed by atoms with Crippen LogP contribution in [0.15, 0.2) is 84.5 Å². The van der Waals surface area contributed by atoms with E-state index in [0.29, 0.717) is 23.9 Å². The van der Waals surface area contributed by atoms with Crippen molar-refractivity contribution in [3.05, 3.63) is 96.1 Å². The highest BCUT2D eigenvalue weighted by Gasteiger charge is 2.28. The quantitative estimate of drug-likeness (QED) is 0.280. The van der Waals surface area contributed by atoms with E-state index in [1.165, 1.54) is 22.3 Å². The Kier molecular flexibility index (Phi) is 6.92. The number of nitrogens with zero attached hydrogens (tertiary/aromatic N) is 1. The molecule has 0 unspecified atom stereocenters. The van der Waals surface area contributed by atoms with Crippen LogP contribution in [-0.2, 0) is 4.79 Å². The van der Waals surface area contributed by atoms with Crippen molar-refractivity contribution >= 4 is 23.9 Å². The van der Waals surface area contributed by atoms with Gasteiger partial charge in [0.1, 0.15) is 6.61 Å². The molecule has 0 heterocycles. The summed E-state index contributed by atoms with van der Waals surface area (Å²) in [6, 6.07) is 22.2. The molecular weight excluding hydrogens is 420 g/mol. The molecule has 3 aromatic rings. The first-order valence-corrected chi connectivity index (χ1v) is 11.3. The van der Waals surface area contributed by atoms with Gasteiger partial charge in [-0.15, -0.1) is 11.8 Å². The summed E-state index contributed by atoms with van der Waals surface area (Å²) in [7, 11) is 1.58. The molecule has 4 rings (SSSR count). The number of carbonyl (C=O) groups excluding carboxylic acids is 1. The van der Waals surface area contributed by atoms with Gasteiger partial charge in [-0.3, -0.25) is 4.79 Å². The predicted octanol–water partition coefficient (Wildman–Crippen LogP) is 5.21. The van der Waals surface area contributed by atoms with Gasteiger partial charge in [-0.2, -0.15) is 5.10 Å². The molecular formula is C26H24N2O3S. The molecule has 0 saturated carbocycles. The van der Waals surface area contributed by atoms with Crippen LogP contribution in [0.2, 0.25) is 0 Å². The van der Waals surface area contributed by atoms with Crippen molar-refractivity contribution in [1.82, 2.24) is 5.43 Å². The normalized spacial score (nSPS) is 12.3. The standard InChI is InChI=1S/C26H24N2O3S/c1-3-14-31-23-13-12-18(15-24(23)30-2)16-27-28-25(29)17-32-26-21-10-6-4-8-19(21)20-9-5-7-11-22(20)26/h3-13,15-16,26H,1,14,17H2,2H3,(H,28,29)/b27-16-. The number of benzene rings is 3. The second-order valence-corrected chi connectivity index (χ2v) is 8.26. The maximum atomic E-state index is 12.4. The molecule has 0 aromatic heterocycles. The van der Waals surface area contributed by atoms with Crippen molar-refractivity contribution in [2.75, 3.05) is 19.5 Å². The molecule has 0 radical (unpaired) electrons. The summed E-state index contributed by atoms with van der Waals surface area (Å²) in [6.45, 7) is 4.04. The average molecular weight is 445 g/mol. The largest absolute Gasteiger partial charge is 0.493 e. The zero-order valence-corrected chi connectivity index (χ0v) is 18.6. The molecule has 1 aliphatic carbocycles. The predicted molar refractivity (Wildman–Crippen MR) is 131 cm³/mol. The van der Waals surface area contributed by atoms with Gasteiger partial charge in [-0.25, -0.2) is 5.43 Å². The lowest BCUT2D eigenvalue weighted by molar-refractivity contribution is -0.118. The summed E-state index contributed by atoms with van der Waals surface area (Å²) in [5.74, 6) is 1.38. The monoisotopic (exact) mass is 444 g/mol. The van der Waals surface area contributed by atoms with Gasteiger partial charge in [0.25, 0.3) is 0 Å². The Labute approximate surface area is 192 Å². The number of amides is 1. The minimum Gasteiger partial charge on any atom is -0.493 e. The number of nitrogens with one attached hydrogen (secondary N) is 1. The first-order chi connectivity index (χ1) is 15.7. The van der Waals surface area contributed by atoms with E-state index in [1.807, 2.05) is 18.2 Å². The molecule has 0 bridgehead atoms. The van der Waals surface area contributed by atoms with Gasteiger partial charge in [0.05, 0.1) is 24.3 Å². The van der Waals surface area contributed by atoms with Gasteiger partial charge in [-0.1, -0.05) is 61.2 Å². The Morgan fingerprint density at radius 2 is 1.75 bits per heavy atom. The highest BCUT2D eigenvalue weighted by molar-refractivity contribution is 8.00. The third-order valence-corrected chi connectivity index (χ3v) is 6.38. The molecule has 0 fully saturated rings. The Morgan fingerprint density at radius 3 is 2.41 bits per heavy atom. The summed E-state index contributed by atoms with van der Waals surface area (Å²) in [4.78, 5) is 12.4. The highest BCUT2D eigenvalue weighted by atomic mass is 32.2. The van der Waals surface area contributed by atoms with Crippen LogP contribution in [0.3, 0.4) is 0 Å². The minimum absolute atomic E-state index is 0.143. The topological polar surface area (TPSA) is 59.9 Å². The molecule has 3 aromatic carbocycles. The number of hydrogen-bond donors (Lipinski definition) is 1. The molecule has 162 valence electrons. The van der Waals surface area contributed by atoms with E-state index in [9.17, 15) is 4.79 Å². The van der Waals surface area contributed by atoms with Crippen LogP contribution in [0.5, 0.6) is 11.5 Å². The smallest absolute Gasteiger partial charge is 0.250 e. The molecule has 32 heavy (non-hydrogen) atoms. The second-order valence-electron chi connectivity index (χ2n) is 7.17. The fourth-order valence-electron chi connectivity index (χ4n) is 3.69. The maximum Gasteiger partial charge on any atom is 0.250 e. The number of carbonyl (C=O) groups is 1. The van der Waals surface area contributed by atoms with Crippen molar-refractivity contribution in [2.45, 2.75) is 5.25 Å². The number of hydrogen-bond acceptors (Lipinski definition) is 5. The lowest BCUT2D eigenvalue weighted by atomic mass is 10.1. The lowest BCUT2D eigenvalue weighted by Crippen LogP contribution is -2.20. The third kappa shape index (κ3) is 4.70. The van der Waals surface area contributed by atoms with Gasteiger partial charge in [-0.05, 0) is 46.0 Å². The van der Waals surface area contributed by atoms with Crippen molar-refractivity contribution in [2.24, 2.45) is 5.10 Å². The summed E-state index contributed by atoms with van der Waals surface area (Å²) in [5.41, 5.74) is 8.39. The third-order valence-electron chi connectivity index (χ3n) is 5.11. The maximum absolute atomic E-state index is 12.4. The Balaban J connectivity index is 1.36. The summed E-state index contributed by atoms with van der Waals surface area (Å²) in [5, 5.41) is 4.24. The van der Waals surface area contributed by atoms with E-state index >= 15 is 0 Å². The summed E-state index contributed by atoms with van der Waals surface area (Å²) < 4.78 is 10.9. The van der Waals surface area contributed by atoms with Crippen LogP contribution in [0.1, 0.15) is 21.9 Å². The first-order valence-electron chi connectivity index (χ1n) is 10.2. The number of methoxy groups -OCH3 is 1. The van der Waals surface area contributed by atoms with E-state index in [1.54, 1.807) is 43.3 Å². The average Bonchev–Trinajstić information content (AvgIpc) is 3.15. The van der Waals surface area contributed by atoms with E-state index in [4.69, 9.17) is 9.47 Å². The van der Waals surface area contributed by atoms with E-state index in [2.05, 4.69) is 53.5 Å². The van der Waals surface area contributed by atoms with E-state index < -0.39 is 0 Å². The van der Waals surface area contributed by atoms with Crippen molar-refractivity contribution < 1.29 is 14.3 Å². The fraction of sp³-hybridized carbons (Fsp3) is 0.154. The lowest BCUT2D eigenvalue weighted by Gasteiger charge is -2.12. The molecule has 0 saturated heterocycles. The van der Waals surface area contributed by atoms with Gasteiger partial charge in [0, 0.05) is 0 Å². The highest BCUT2D eigenvalue weighted by Crippen LogP contribution is 2.49. The Bertz CT molecular complexity index is 1110. The Hall–Kier alpha value is -3.51. The van der Waals surface area contributed by atoms with Crippen LogP contribution >= 0.6 is 11.8 Å². The van der Waals surface area contributed by atoms with Crippen molar-refractivity contribution in [3.8, 4) is 22.6 Å². The van der Waals surface area contributed by atoms with Gasteiger partial charge in [0.2, 0.25) is 5.91 Å². The summed E-state index contributed by atoms with van der Waals surface area (Å²) in [6.07, 6.45) is 3.26. The molecule has 1 N–H and O–H groups in total. The molecule has 6 heteroatoms. The van der Waals surface area contributed by atoms with Gasteiger partial charge >= 0.3 is 0 Å². The van der Waals surface area contributed by atoms with Crippen LogP contribution in [0.25, 0.3) is 11.1 Å². The van der Waals surface area contributed by atoms with Gasteiger partial charge in [0.15, 0.2) is 11.5 Å². The molecule has 1 amide bonds. The van der Waals surface area contributed by atoms with E-state index in [-0.39, 0.29) is 11.2 Å². The van der Waals surface area contributed by atoms with Gasteiger partial charge < -0.3 is 9.47 Å². The van der Waals surface area contributed by atoms with Crippen LogP contribution in [0, 0.1) is 0 Å². The molecule has 0 spiro atoms. The molecule has 1 aliphatic rings. The van der Waals surface area contributed by atoms with Crippen LogP contribution in [-0.4, -0.2) is 31.6 Å². The molecule has 0 atom stereocenters.